The van der Waals surface area contributed by atoms with Gasteiger partial charge in [0.1, 0.15) is 11.4 Å². The number of hydrogen-bond acceptors (Lipinski definition) is 7. The third-order valence-electron chi connectivity index (χ3n) is 4.58. The zero-order chi connectivity index (χ0) is 19.7. The smallest absolute Gasteiger partial charge is 0.322 e. The summed E-state index contributed by atoms with van der Waals surface area (Å²) >= 11 is 0. The second kappa shape index (κ2) is 7.14. The number of nitrogens with one attached hydrogen (secondary N) is 1. The molecule has 1 N–H and O–H groups in total. The van der Waals surface area contributed by atoms with Gasteiger partial charge in [-0.05, 0) is 30.3 Å². The Labute approximate surface area is 160 Å². The van der Waals surface area contributed by atoms with Crippen molar-refractivity contribution in [3.8, 4) is 17.3 Å². The van der Waals surface area contributed by atoms with Crippen molar-refractivity contribution in [1.82, 2.24) is 20.0 Å². The van der Waals surface area contributed by atoms with E-state index in [0.29, 0.717) is 11.4 Å². The molecule has 1 atom stereocenters. The first-order chi connectivity index (χ1) is 13.5. The van der Waals surface area contributed by atoms with Gasteiger partial charge in [0, 0.05) is 31.9 Å². The number of amides is 2. The summed E-state index contributed by atoms with van der Waals surface area (Å²) in [5.41, 5.74) is 1.35. The van der Waals surface area contributed by atoms with E-state index in [1.807, 2.05) is 0 Å². The summed E-state index contributed by atoms with van der Waals surface area (Å²) in [6.45, 7) is 0.278. The van der Waals surface area contributed by atoms with Gasteiger partial charge in [-0.25, -0.2) is 0 Å². The minimum atomic E-state index is -0.512. The highest BCUT2D eigenvalue weighted by Crippen LogP contribution is 2.28. The van der Waals surface area contributed by atoms with Crippen molar-refractivity contribution >= 4 is 23.5 Å². The predicted molar refractivity (Wildman–Crippen MR) is 98.6 cm³/mol. The number of aromatic nitrogens is 4. The molecule has 2 amide bonds. The molecule has 0 aliphatic carbocycles. The van der Waals surface area contributed by atoms with Gasteiger partial charge < -0.3 is 14.1 Å². The number of carbonyl (C=O) groups excluding carboxylic acids is 2. The third kappa shape index (κ3) is 3.31. The molecule has 1 unspecified atom stereocenters. The minimum Gasteiger partial charge on any atom is -0.497 e. The molecule has 3 aromatic rings. The van der Waals surface area contributed by atoms with Gasteiger partial charge in [-0.3, -0.25) is 19.6 Å². The Morgan fingerprint density at radius 2 is 2.04 bits per heavy atom. The largest absolute Gasteiger partial charge is 0.497 e. The number of ether oxygens (including phenoxy) is 1. The van der Waals surface area contributed by atoms with Crippen LogP contribution in [-0.4, -0.2) is 45.4 Å². The Balaban J connectivity index is 1.42. The summed E-state index contributed by atoms with van der Waals surface area (Å²) in [5, 5.41) is 14.4. The Morgan fingerprint density at radius 3 is 2.71 bits per heavy atom. The lowest BCUT2D eigenvalue weighted by molar-refractivity contribution is -0.122. The summed E-state index contributed by atoms with van der Waals surface area (Å²) in [5.74, 6) is -0.0272. The lowest BCUT2D eigenvalue weighted by Crippen LogP contribution is -2.28. The number of nitrogens with zero attached hydrogens (tertiary/aromatic N) is 5. The quantitative estimate of drug-likeness (QED) is 0.710. The molecule has 4 rings (SSSR count). The third-order valence-corrected chi connectivity index (χ3v) is 4.58. The molecular weight excluding hydrogens is 364 g/mol. The topological polar surface area (TPSA) is 115 Å². The average molecular weight is 382 g/mol. The van der Waals surface area contributed by atoms with E-state index in [-0.39, 0.29) is 36.7 Å². The molecule has 0 bridgehead atoms. The van der Waals surface area contributed by atoms with E-state index >= 15 is 0 Å². The van der Waals surface area contributed by atoms with Gasteiger partial charge >= 0.3 is 6.01 Å². The maximum absolute atomic E-state index is 12.5. The Morgan fingerprint density at radius 1 is 1.25 bits per heavy atom. The highest BCUT2D eigenvalue weighted by molar-refractivity contribution is 6.03. The Hall–Kier alpha value is -3.69. The molecule has 1 fully saturated rings. The van der Waals surface area contributed by atoms with Crippen LogP contribution in [0.2, 0.25) is 0 Å². The normalized spacial score (nSPS) is 16.4. The van der Waals surface area contributed by atoms with Crippen LogP contribution >= 0.6 is 0 Å². The number of benzene rings is 1. The van der Waals surface area contributed by atoms with Crippen molar-refractivity contribution in [3.63, 3.8) is 0 Å². The number of anilines is 2. The van der Waals surface area contributed by atoms with E-state index in [2.05, 4.69) is 20.6 Å². The summed E-state index contributed by atoms with van der Waals surface area (Å²) in [7, 11) is 3.32. The van der Waals surface area contributed by atoms with Crippen LogP contribution in [-0.2, 0) is 16.6 Å². The molecule has 0 spiro atoms. The number of hydrogen-bond donors (Lipinski definition) is 1. The van der Waals surface area contributed by atoms with Crippen molar-refractivity contribution < 1.29 is 18.7 Å². The number of methoxy groups -OCH3 is 1. The van der Waals surface area contributed by atoms with Gasteiger partial charge in [0.2, 0.25) is 11.8 Å². The minimum absolute atomic E-state index is 0.0171. The first-order valence-corrected chi connectivity index (χ1v) is 8.62. The molecule has 0 radical (unpaired) electrons. The van der Waals surface area contributed by atoms with Crippen molar-refractivity contribution in [3.05, 3.63) is 36.5 Å². The zero-order valence-corrected chi connectivity index (χ0v) is 15.3. The SMILES string of the molecule is COc1ccc(N2CC(C(=O)Nc3nnc(-c4ccnn4C)o3)CC2=O)cc1. The average Bonchev–Trinajstić information content (AvgIpc) is 3.42. The van der Waals surface area contributed by atoms with E-state index in [1.54, 1.807) is 60.3 Å². The number of carbonyl (C=O) groups is 2. The van der Waals surface area contributed by atoms with Crippen molar-refractivity contribution in [1.29, 1.82) is 0 Å². The van der Waals surface area contributed by atoms with Crippen LogP contribution in [0.3, 0.4) is 0 Å². The molecule has 2 aromatic heterocycles. The number of aryl methyl sites for hydroxylation is 1. The van der Waals surface area contributed by atoms with Crippen molar-refractivity contribution in [2.75, 3.05) is 23.9 Å². The fraction of sp³-hybridized carbons (Fsp3) is 0.278. The van der Waals surface area contributed by atoms with E-state index in [9.17, 15) is 9.59 Å². The van der Waals surface area contributed by atoms with Crippen LogP contribution < -0.4 is 15.0 Å². The summed E-state index contributed by atoms with van der Waals surface area (Å²) in [4.78, 5) is 26.5. The molecule has 10 nitrogen and oxygen atoms in total. The van der Waals surface area contributed by atoms with Gasteiger partial charge in [-0.2, -0.15) is 5.10 Å². The zero-order valence-electron chi connectivity index (χ0n) is 15.3. The maximum Gasteiger partial charge on any atom is 0.322 e. The molecule has 28 heavy (non-hydrogen) atoms. The van der Waals surface area contributed by atoms with Crippen LogP contribution in [0, 0.1) is 5.92 Å². The van der Waals surface area contributed by atoms with Gasteiger partial charge in [0.25, 0.3) is 5.89 Å². The van der Waals surface area contributed by atoms with E-state index in [1.165, 1.54) is 0 Å². The summed E-state index contributed by atoms with van der Waals surface area (Å²) in [6, 6.07) is 8.82. The van der Waals surface area contributed by atoms with Crippen LogP contribution in [0.4, 0.5) is 11.7 Å². The van der Waals surface area contributed by atoms with Crippen molar-refractivity contribution in [2.24, 2.45) is 13.0 Å². The van der Waals surface area contributed by atoms with Crippen molar-refractivity contribution in [2.45, 2.75) is 6.42 Å². The summed E-state index contributed by atoms with van der Waals surface area (Å²) in [6.07, 6.45) is 1.72. The second-order valence-corrected chi connectivity index (χ2v) is 6.35. The molecule has 1 aliphatic heterocycles. The molecule has 10 heteroatoms. The van der Waals surface area contributed by atoms with Crippen LogP contribution in [0.15, 0.2) is 40.9 Å². The lowest BCUT2D eigenvalue weighted by Gasteiger charge is -2.16. The van der Waals surface area contributed by atoms with E-state index in [0.717, 1.165) is 5.69 Å². The van der Waals surface area contributed by atoms with Crippen LogP contribution in [0.5, 0.6) is 5.75 Å². The summed E-state index contributed by atoms with van der Waals surface area (Å²) < 4.78 is 12.2. The Kier molecular flexibility index (Phi) is 4.52. The molecule has 1 aromatic carbocycles. The molecule has 1 aliphatic rings. The molecule has 1 saturated heterocycles. The fourth-order valence-corrected chi connectivity index (χ4v) is 3.06. The monoisotopic (exact) mass is 382 g/mol. The van der Waals surface area contributed by atoms with Gasteiger partial charge in [0.15, 0.2) is 0 Å². The van der Waals surface area contributed by atoms with Crippen LogP contribution in [0.25, 0.3) is 11.6 Å². The molecule has 144 valence electrons. The molecule has 3 heterocycles. The highest BCUT2D eigenvalue weighted by atomic mass is 16.5. The van der Waals surface area contributed by atoms with E-state index in [4.69, 9.17) is 9.15 Å². The first kappa shape index (κ1) is 17.7. The Bertz CT molecular complexity index is 1010. The van der Waals surface area contributed by atoms with Crippen LogP contribution in [0.1, 0.15) is 6.42 Å². The highest BCUT2D eigenvalue weighted by Gasteiger charge is 2.35. The second-order valence-electron chi connectivity index (χ2n) is 6.35. The maximum atomic E-state index is 12.5. The van der Waals surface area contributed by atoms with Gasteiger partial charge in [0.05, 0.1) is 13.0 Å². The number of rotatable bonds is 5. The van der Waals surface area contributed by atoms with E-state index < -0.39 is 5.92 Å². The standard InChI is InChI=1S/C18H18N6O4/c1-23-14(7-8-19-23)17-21-22-18(28-17)20-16(26)11-9-15(25)24(10-11)12-3-5-13(27-2)6-4-12/h3-8,11H,9-10H2,1-2H3,(H,20,22,26). The predicted octanol–water partition coefficient (Wildman–Crippen LogP) is 1.47. The molecular formula is C18H18N6O4. The fourth-order valence-electron chi connectivity index (χ4n) is 3.06. The lowest BCUT2D eigenvalue weighted by atomic mass is 10.1. The van der Waals surface area contributed by atoms with Gasteiger partial charge in [-0.15, -0.1) is 5.10 Å². The molecule has 0 saturated carbocycles. The van der Waals surface area contributed by atoms with Gasteiger partial charge in [-0.1, -0.05) is 5.10 Å². The first-order valence-electron chi connectivity index (χ1n) is 8.62.